The molecule has 0 spiro atoms. The number of halogens is 1. The van der Waals surface area contributed by atoms with Gasteiger partial charge in [0.25, 0.3) is 0 Å². The van der Waals surface area contributed by atoms with E-state index in [1.165, 1.54) is 0 Å². The van der Waals surface area contributed by atoms with Crippen molar-refractivity contribution in [1.82, 2.24) is 9.97 Å². The molecule has 1 N–H and O–H groups in total. The van der Waals surface area contributed by atoms with Gasteiger partial charge in [-0.25, -0.2) is 9.97 Å². The summed E-state index contributed by atoms with van der Waals surface area (Å²) in [7, 11) is 0. The molecule has 0 fully saturated rings. The number of carbonyl (C=O) groups excluding carboxylic acids is 1. The average molecular weight is 392 g/mol. The molecule has 1 aliphatic rings. The van der Waals surface area contributed by atoms with Gasteiger partial charge in [-0.2, -0.15) is 0 Å². The fourth-order valence-electron chi connectivity index (χ4n) is 3.31. The summed E-state index contributed by atoms with van der Waals surface area (Å²) in [5.74, 6) is -0.809. The Balaban J connectivity index is 1.83. The number of fused-ring (bicyclic) bond motifs is 1. The minimum Gasteiger partial charge on any atom is -0.306 e. The summed E-state index contributed by atoms with van der Waals surface area (Å²) >= 11 is 6.30. The predicted octanol–water partition coefficient (Wildman–Crippen LogP) is 4.17. The first kappa shape index (κ1) is 18.3. The van der Waals surface area contributed by atoms with E-state index in [1.807, 2.05) is 60.7 Å². The van der Waals surface area contributed by atoms with Gasteiger partial charge in [0.15, 0.2) is 0 Å². The Labute approximate surface area is 167 Å². The molecule has 1 aliphatic carbocycles. The van der Waals surface area contributed by atoms with E-state index in [2.05, 4.69) is 15.3 Å². The van der Waals surface area contributed by atoms with Gasteiger partial charge in [0.05, 0.1) is 17.1 Å². The normalized spacial score (nSPS) is 18.8. The van der Waals surface area contributed by atoms with Crippen molar-refractivity contribution in [2.24, 2.45) is 5.92 Å². The molecular formula is C22H18ClN3O2. The van der Waals surface area contributed by atoms with Crippen molar-refractivity contribution in [2.45, 2.75) is 18.2 Å². The number of alkyl halides is 1. The number of amides is 1. The maximum atomic E-state index is 12.7. The number of anilines is 1. The molecule has 6 heteroatoms. The van der Waals surface area contributed by atoms with Crippen LogP contribution in [-0.2, 0) is 4.79 Å². The highest BCUT2D eigenvalue weighted by Gasteiger charge is 2.28. The minimum atomic E-state index is -0.579. The molecule has 2 unspecified atom stereocenters. The first-order valence-electron chi connectivity index (χ1n) is 9.10. The van der Waals surface area contributed by atoms with Gasteiger partial charge in [0.2, 0.25) is 11.7 Å². The van der Waals surface area contributed by atoms with E-state index in [0.29, 0.717) is 24.1 Å². The fraction of sp³-hybridized carbons (Fsp3) is 0.182. The number of para-hydroxylation sites is 1. The zero-order valence-electron chi connectivity index (χ0n) is 15.0. The van der Waals surface area contributed by atoms with Crippen LogP contribution in [0, 0.1) is 5.92 Å². The largest absolute Gasteiger partial charge is 0.313 e. The number of aromatic nitrogens is 2. The molecule has 4 rings (SSSR count). The highest BCUT2D eigenvalue weighted by molar-refractivity contribution is 6.22. The van der Waals surface area contributed by atoms with Gasteiger partial charge < -0.3 is 5.32 Å². The van der Waals surface area contributed by atoms with E-state index in [-0.39, 0.29) is 17.1 Å². The lowest BCUT2D eigenvalue weighted by atomic mass is 9.93. The zero-order valence-corrected chi connectivity index (χ0v) is 15.8. The zero-order chi connectivity index (χ0) is 19.5. The monoisotopic (exact) mass is 391 g/mol. The van der Waals surface area contributed by atoms with Gasteiger partial charge in [0.1, 0.15) is 0 Å². The fourth-order valence-corrected chi connectivity index (χ4v) is 3.63. The number of nitrogens with zero attached hydrogens (tertiary/aromatic N) is 2. The SMILES string of the molecule is O=C(Nc1nc(-c2ccccc2)c2ccccc2nc1=O)C1CC=CCC1Cl. The Morgan fingerprint density at radius 3 is 2.46 bits per heavy atom. The van der Waals surface area contributed by atoms with Crippen LogP contribution in [0.2, 0.25) is 0 Å². The van der Waals surface area contributed by atoms with Crippen LogP contribution in [0.5, 0.6) is 0 Å². The Morgan fingerprint density at radius 2 is 1.68 bits per heavy atom. The van der Waals surface area contributed by atoms with Crippen molar-refractivity contribution in [2.75, 3.05) is 5.32 Å². The van der Waals surface area contributed by atoms with Gasteiger partial charge in [-0.3, -0.25) is 9.59 Å². The van der Waals surface area contributed by atoms with Crippen LogP contribution in [0.4, 0.5) is 5.82 Å². The van der Waals surface area contributed by atoms with E-state index in [9.17, 15) is 9.59 Å². The van der Waals surface area contributed by atoms with Crippen LogP contribution < -0.4 is 10.9 Å². The second-order valence-electron chi connectivity index (χ2n) is 6.66. The summed E-state index contributed by atoms with van der Waals surface area (Å²) in [6.07, 6.45) is 5.05. The lowest BCUT2D eigenvalue weighted by molar-refractivity contribution is -0.119. The topological polar surface area (TPSA) is 72.0 Å². The second kappa shape index (κ2) is 7.90. The van der Waals surface area contributed by atoms with Crippen LogP contribution in [-0.4, -0.2) is 21.3 Å². The standard InChI is InChI=1S/C22H18ClN3O2/c23-17-12-6-4-10-15(17)21(27)26-20-22(28)24-18-13-7-5-11-16(18)19(25-20)14-8-2-1-3-9-14/h1-9,11,13,15,17H,10,12H2,(H,24,25,26,27,28). The third-order valence-electron chi connectivity index (χ3n) is 4.79. The summed E-state index contributed by atoms with van der Waals surface area (Å²) in [6, 6.07) is 16.8. The molecule has 1 heterocycles. The van der Waals surface area contributed by atoms with Crippen LogP contribution in [0.3, 0.4) is 0 Å². The molecule has 1 aromatic heterocycles. The molecule has 0 aliphatic heterocycles. The third-order valence-corrected chi connectivity index (χ3v) is 5.27. The molecule has 3 aromatic rings. The lowest BCUT2D eigenvalue weighted by Gasteiger charge is -2.21. The molecule has 0 saturated heterocycles. The highest BCUT2D eigenvalue weighted by atomic mass is 35.5. The number of benzene rings is 2. The van der Waals surface area contributed by atoms with Crippen LogP contribution >= 0.6 is 11.6 Å². The summed E-state index contributed by atoms with van der Waals surface area (Å²) in [5, 5.41) is 3.10. The molecule has 0 saturated carbocycles. The quantitative estimate of drug-likeness (QED) is 0.537. The third kappa shape index (κ3) is 3.66. The van der Waals surface area contributed by atoms with Crippen molar-refractivity contribution in [3.63, 3.8) is 0 Å². The smallest absolute Gasteiger partial charge is 0.306 e. The van der Waals surface area contributed by atoms with Crippen LogP contribution in [0.25, 0.3) is 22.2 Å². The first-order valence-corrected chi connectivity index (χ1v) is 9.53. The number of rotatable bonds is 3. The Bertz CT molecular complexity index is 1120. The van der Waals surface area contributed by atoms with Crippen LogP contribution in [0.1, 0.15) is 12.8 Å². The number of carbonyl (C=O) groups is 1. The average Bonchev–Trinajstić information content (AvgIpc) is 2.85. The molecule has 0 radical (unpaired) electrons. The lowest BCUT2D eigenvalue weighted by Crippen LogP contribution is -2.32. The number of allylic oxidation sites excluding steroid dienone is 2. The second-order valence-corrected chi connectivity index (χ2v) is 7.22. The predicted molar refractivity (Wildman–Crippen MR) is 111 cm³/mol. The number of hydrogen-bond acceptors (Lipinski definition) is 4. The van der Waals surface area contributed by atoms with Gasteiger partial charge >= 0.3 is 5.56 Å². The molecule has 2 aromatic carbocycles. The molecule has 140 valence electrons. The van der Waals surface area contributed by atoms with E-state index in [4.69, 9.17) is 11.6 Å². The molecular weight excluding hydrogens is 374 g/mol. The Morgan fingerprint density at radius 1 is 0.964 bits per heavy atom. The summed E-state index contributed by atoms with van der Waals surface area (Å²) in [5.41, 5.74) is 1.37. The maximum absolute atomic E-state index is 12.7. The summed E-state index contributed by atoms with van der Waals surface area (Å²) in [6.45, 7) is 0. The van der Waals surface area contributed by atoms with Crippen molar-refractivity contribution >= 4 is 34.2 Å². The van der Waals surface area contributed by atoms with E-state index >= 15 is 0 Å². The van der Waals surface area contributed by atoms with Crippen LogP contribution in [0.15, 0.2) is 71.5 Å². The van der Waals surface area contributed by atoms with E-state index in [1.54, 1.807) is 6.07 Å². The van der Waals surface area contributed by atoms with Gasteiger partial charge in [-0.1, -0.05) is 60.7 Å². The Kier molecular flexibility index (Phi) is 5.17. The summed E-state index contributed by atoms with van der Waals surface area (Å²) < 4.78 is 0. The van der Waals surface area contributed by atoms with E-state index < -0.39 is 11.5 Å². The summed E-state index contributed by atoms with van der Waals surface area (Å²) in [4.78, 5) is 34.1. The number of hydrogen-bond donors (Lipinski definition) is 1. The van der Waals surface area contributed by atoms with Crippen molar-refractivity contribution in [1.29, 1.82) is 0 Å². The number of nitrogens with one attached hydrogen (secondary N) is 1. The van der Waals surface area contributed by atoms with Gasteiger partial charge in [-0.05, 0) is 18.9 Å². The molecule has 2 atom stereocenters. The molecule has 0 bridgehead atoms. The molecule has 1 amide bonds. The van der Waals surface area contributed by atoms with Gasteiger partial charge in [-0.15, -0.1) is 11.6 Å². The molecule has 28 heavy (non-hydrogen) atoms. The highest BCUT2D eigenvalue weighted by Crippen LogP contribution is 2.27. The van der Waals surface area contributed by atoms with Gasteiger partial charge in [0, 0.05) is 16.3 Å². The van der Waals surface area contributed by atoms with E-state index in [0.717, 1.165) is 10.9 Å². The van der Waals surface area contributed by atoms with Crippen molar-refractivity contribution in [3.8, 4) is 11.3 Å². The first-order chi connectivity index (χ1) is 13.6. The van der Waals surface area contributed by atoms with Crippen molar-refractivity contribution in [3.05, 3.63) is 77.1 Å². The Hall–Kier alpha value is -3.05. The minimum absolute atomic E-state index is 0.0847. The molecule has 5 nitrogen and oxygen atoms in total. The van der Waals surface area contributed by atoms with Crippen molar-refractivity contribution < 1.29 is 4.79 Å². The maximum Gasteiger partial charge on any atom is 0.313 e.